The molecule has 3 aromatic heterocycles. The number of likely N-dealkylation sites (tertiary alicyclic amines) is 1. The average Bonchev–Trinajstić information content (AvgIpc) is 3.33. The van der Waals surface area contributed by atoms with E-state index in [-0.39, 0.29) is 5.91 Å². The van der Waals surface area contributed by atoms with Gasteiger partial charge in [-0.25, -0.2) is 15.0 Å². The van der Waals surface area contributed by atoms with Crippen molar-refractivity contribution in [1.29, 1.82) is 0 Å². The first-order valence-electron chi connectivity index (χ1n) is 9.03. The fourth-order valence-corrected chi connectivity index (χ4v) is 3.44. The molecule has 0 radical (unpaired) electrons. The van der Waals surface area contributed by atoms with E-state index >= 15 is 0 Å². The Morgan fingerprint density at radius 3 is 2.59 bits per heavy atom. The van der Waals surface area contributed by atoms with Crippen molar-refractivity contribution < 1.29 is 4.79 Å². The number of hydrogen-bond donors (Lipinski definition) is 0. The minimum Gasteiger partial charge on any atom is -0.339 e. The van der Waals surface area contributed by atoms with Crippen LogP contribution < -0.4 is 0 Å². The van der Waals surface area contributed by atoms with Crippen LogP contribution in [0.2, 0.25) is 0 Å². The van der Waals surface area contributed by atoms with Gasteiger partial charge in [0.25, 0.3) is 5.91 Å². The molecule has 1 aliphatic heterocycles. The van der Waals surface area contributed by atoms with Crippen molar-refractivity contribution in [2.45, 2.75) is 32.2 Å². The molecule has 0 aliphatic carbocycles. The van der Waals surface area contributed by atoms with E-state index in [4.69, 9.17) is 0 Å². The van der Waals surface area contributed by atoms with Crippen LogP contribution in [0.3, 0.4) is 0 Å². The highest BCUT2D eigenvalue weighted by Crippen LogP contribution is 2.27. The van der Waals surface area contributed by atoms with Crippen molar-refractivity contribution in [3.63, 3.8) is 0 Å². The molecule has 9 nitrogen and oxygen atoms in total. The molecule has 4 heterocycles. The fourth-order valence-electron chi connectivity index (χ4n) is 3.44. The van der Waals surface area contributed by atoms with Gasteiger partial charge in [0.2, 0.25) is 0 Å². The molecule has 1 fully saturated rings. The van der Waals surface area contributed by atoms with Gasteiger partial charge < -0.3 is 14.0 Å². The van der Waals surface area contributed by atoms with Gasteiger partial charge in [-0.2, -0.15) is 0 Å². The molecule has 0 saturated carbocycles. The second kappa shape index (κ2) is 7.26. The number of carbonyl (C=O) groups is 1. The summed E-state index contributed by atoms with van der Waals surface area (Å²) in [6.45, 7) is 3.85. The van der Waals surface area contributed by atoms with E-state index in [1.807, 2.05) is 29.6 Å². The highest BCUT2D eigenvalue weighted by Gasteiger charge is 2.28. The zero-order chi connectivity index (χ0) is 18.8. The minimum absolute atomic E-state index is 0.00721. The Morgan fingerprint density at radius 2 is 1.93 bits per heavy atom. The standard InChI is InChI=1S/C18H22N8O/c1-13-20-9-15(10-21-13)18(27)26-6-3-14(4-7-26)17-23-22-16(24(17)2)11-25-8-5-19-12-25/h5,8-10,12,14H,3-4,6-7,11H2,1-2H3. The van der Waals surface area contributed by atoms with Crippen LogP contribution >= 0.6 is 0 Å². The van der Waals surface area contributed by atoms with Crippen LogP contribution in [0.5, 0.6) is 0 Å². The highest BCUT2D eigenvalue weighted by atomic mass is 16.2. The molecule has 0 aromatic carbocycles. The molecule has 0 spiro atoms. The van der Waals surface area contributed by atoms with Crippen molar-refractivity contribution >= 4 is 5.91 Å². The number of amides is 1. The Balaban J connectivity index is 1.40. The van der Waals surface area contributed by atoms with Gasteiger partial charge in [0, 0.05) is 50.8 Å². The molecule has 9 heteroatoms. The number of aromatic nitrogens is 7. The van der Waals surface area contributed by atoms with Crippen LogP contribution in [-0.4, -0.2) is 58.2 Å². The molecule has 0 N–H and O–H groups in total. The molecular weight excluding hydrogens is 344 g/mol. The van der Waals surface area contributed by atoms with Crippen LogP contribution in [0.4, 0.5) is 0 Å². The van der Waals surface area contributed by atoms with E-state index in [1.165, 1.54) is 0 Å². The molecule has 1 amide bonds. The van der Waals surface area contributed by atoms with Gasteiger partial charge in [0.15, 0.2) is 5.82 Å². The third kappa shape index (κ3) is 3.57. The first-order chi connectivity index (χ1) is 13.1. The third-order valence-corrected chi connectivity index (χ3v) is 5.06. The highest BCUT2D eigenvalue weighted by molar-refractivity contribution is 5.93. The van der Waals surface area contributed by atoms with Gasteiger partial charge in [0.1, 0.15) is 11.6 Å². The number of carbonyl (C=O) groups excluding carboxylic acids is 1. The Labute approximate surface area is 157 Å². The lowest BCUT2D eigenvalue weighted by Gasteiger charge is -2.31. The topological polar surface area (TPSA) is 94.6 Å². The molecule has 4 rings (SSSR count). The van der Waals surface area contributed by atoms with Gasteiger partial charge in [-0.05, 0) is 19.8 Å². The quantitative estimate of drug-likeness (QED) is 0.688. The van der Waals surface area contributed by atoms with Gasteiger partial charge in [0.05, 0.1) is 18.4 Å². The van der Waals surface area contributed by atoms with Gasteiger partial charge >= 0.3 is 0 Å². The van der Waals surface area contributed by atoms with E-state index in [0.29, 0.717) is 36.9 Å². The van der Waals surface area contributed by atoms with Crippen LogP contribution in [-0.2, 0) is 13.6 Å². The summed E-state index contributed by atoms with van der Waals surface area (Å²) in [5, 5.41) is 8.76. The van der Waals surface area contributed by atoms with E-state index in [2.05, 4.69) is 29.7 Å². The molecule has 140 valence electrons. The lowest BCUT2D eigenvalue weighted by atomic mass is 9.95. The summed E-state index contributed by atoms with van der Waals surface area (Å²) < 4.78 is 4.04. The second-order valence-corrected chi connectivity index (χ2v) is 6.85. The van der Waals surface area contributed by atoms with E-state index in [9.17, 15) is 4.79 Å². The zero-order valence-corrected chi connectivity index (χ0v) is 15.5. The monoisotopic (exact) mass is 366 g/mol. The number of imidazole rings is 1. The Kier molecular flexibility index (Phi) is 4.66. The largest absolute Gasteiger partial charge is 0.339 e. The number of rotatable bonds is 4. The maximum atomic E-state index is 12.6. The molecule has 0 atom stereocenters. The van der Waals surface area contributed by atoms with Gasteiger partial charge in [-0.15, -0.1) is 10.2 Å². The molecule has 27 heavy (non-hydrogen) atoms. The third-order valence-electron chi connectivity index (χ3n) is 5.06. The summed E-state index contributed by atoms with van der Waals surface area (Å²) in [7, 11) is 2.00. The Morgan fingerprint density at radius 1 is 1.19 bits per heavy atom. The Hall–Kier alpha value is -3.10. The molecule has 1 saturated heterocycles. The van der Waals surface area contributed by atoms with Crippen LogP contribution in [0, 0.1) is 6.92 Å². The SMILES string of the molecule is Cc1ncc(C(=O)N2CCC(c3nnc(Cn4ccnc4)n3C)CC2)cn1. The van der Waals surface area contributed by atoms with Crippen molar-refractivity contribution in [2.75, 3.05) is 13.1 Å². The molecule has 0 bridgehead atoms. The van der Waals surface area contributed by atoms with Gasteiger partial charge in [-0.1, -0.05) is 0 Å². The first-order valence-corrected chi connectivity index (χ1v) is 9.03. The molecule has 3 aromatic rings. The molecule has 1 aliphatic rings. The van der Waals surface area contributed by atoms with E-state index in [0.717, 1.165) is 24.5 Å². The van der Waals surface area contributed by atoms with Crippen molar-refractivity contribution in [2.24, 2.45) is 7.05 Å². The maximum Gasteiger partial charge on any atom is 0.256 e. The zero-order valence-electron chi connectivity index (χ0n) is 15.5. The van der Waals surface area contributed by atoms with Crippen molar-refractivity contribution in [3.05, 3.63) is 54.2 Å². The average molecular weight is 366 g/mol. The number of nitrogens with zero attached hydrogens (tertiary/aromatic N) is 8. The molecule has 0 unspecified atom stereocenters. The normalized spacial score (nSPS) is 15.3. The fraction of sp³-hybridized carbons (Fsp3) is 0.444. The number of aryl methyl sites for hydroxylation is 1. The predicted molar refractivity (Wildman–Crippen MR) is 97.0 cm³/mol. The lowest BCUT2D eigenvalue weighted by Crippen LogP contribution is -2.38. The van der Waals surface area contributed by atoms with Crippen molar-refractivity contribution in [3.8, 4) is 0 Å². The number of piperidine rings is 1. The number of hydrogen-bond acceptors (Lipinski definition) is 6. The summed E-state index contributed by atoms with van der Waals surface area (Å²) in [6.07, 6.45) is 10.4. The first kappa shape index (κ1) is 17.3. The molecular formula is C18H22N8O. The lowest BCUT2D eigenvalue weighted by molar-refractivity contribution is 0.0709. The second-order valence-electron chi connectivity index (χ2n) is 6.85. The Bertz CT molecular complexity index is 908. The summed E-state index contributed by atoms with van der Waals surface area (Å²) in [5.41, 5.74) is 0.542. The predicted octanol–water partition coefficient (Wildman–Crippen LogP) is 1.18. The smallest absolute Gasteiger partial charge is 0.256 e. The van der Waals surface area contributed by atoms with E-state index in [1.54, 1.807) is 24.9 Å². The van der Waals surface area contributed by atoms with Crippen LogP contribution in [0.25, 0.3) is 0 Å². The minimum atomic E-state index is -0.00721. The summed E-state index contributed by atoms with van der Waals surface area (Å²) in [4.78, 5) is 26.8. The summed E-state index contributed by atoms with van der Waals surface area (Å²) in [6, 6.07) is 0. The van der Waals surface area contributed by atoms with E-state index < -0.39 is 0 Å². The summed E-state index contributed by atoms with van der Waals surface area (Å²) in [5.74, 6) is 2.85. The van der Waals surface area contributed by atoms with Crippen LogP contribution in [0.1, 0.15) is 46.6 Å². The van der Waals surface area contributed by atoms with Gasteiger partial charge in [-0.3, -0.25) is 4.79 Å². The van der Waals surface area contributed by atoms with Crippen LogP contribution in [0.15, 0.2) is 31.1 Å². The summed E-state index contributed by atoms with van der Waals surface area (Å²) >= 11 is 0. The maximum absolute atomic E-state index is 12.6. The van der Waals surface area contributed by atoms with Crippen molar-refractivity contribution in [1.82, 2.24) is 39.2 Å².